The van der Waals surface area contributed by atoms with Gasteiger partial charge in [0.25, 0.3) is 5.91 Å². The van der Waals surface area contributed by atoms with Gasteiger partial charge in [-0.2, -0.15) is 5.26 Å². The van der Waals surface area contributed by atoms with Crippen LogP contribution >= 0.6 is 0 Å². The van der Waals surface area contributed by atoms with E-state index in [0.717, 1.165) is 68.8 Å². The van der Waals surface area contributed by atoms with Gasteiger partial charge in [0.15, 0.2) is 6.61 Å². The van der Waals surface area contributed by atoms with Gasteiger partial charge in [0.1, 0.15) is 23.9 Å². The summed E-state index contributed by atoms with van der Waals surface area (Å²) in [4.78, 5) is 26.1. The highest BCUT2D eigenvalue weighted by molar-refractivity contribution is 5.78. The van der Waals surface area contributed by atoms with Crippen LogP contribution in [0.5, 0.6) is 11.5 Å². The van der Waals surface area contributed by atoms with Gasteiger partial charge in [-0.1, -0.05) is 12.1 Å². The highest BCUT2D eigenvalue weighted by atomic mass is 16.5. The molecule has 1 aliphatic carbocycles. The van der Waals surface area contributed by atoms with E-state index >= 15 is 0 Å². The number of ether oxygens (including phenoxy) is 2. The quantitative estimate of drug-likeness (QED) is 0.475. The lowest BCUT2D eigenvalue weighted by atomic mass is 9.71. The van der Waals surface area contributed by atoms with Crippen molar-refractivity contribution in [1.29, 1.82) is 5.26 Å². The third-order valence-electron chi connectivity index (χ3n) is 8.64. The molecule has 1 aromatic heterocycles. The predicted molar refractivity (Wildman–Crippen MR) is 146 cm³/mol. The van der Waals surface area contributed by atoms with Crippen molar-refractivity contribution >= 4 is 5.91 Å². The van der Waals surface area contributed by atoms with Crippen LogP contribution in [-0.4, -0.2) is 65.6 Å². The molecule has 8 nitrogen and oxygen atoms in total. The molecule has 1 spiro atoms. The summed E-state index contributed by atoms with van der Waals surface area (Å²) >= 11 is 0. The first kappa shape index (κ1) is 25.3. The van der Waals surface area contributed by atoms with Crippen LogP contribution in [0.15, 0.2) is 48.8 Å². The number of fused-ring (bicyclic) bond motifs is 1. The van der Waals surface area contributed by atoms with E-state index in [1.54, 1.807) is 31.6 Å². The molecule has 6 rings (SSSR count). The number of nitrogens with zero attached hydrogens (tertiary/aromatic N) is 5. The lowest BCUT2D eigenvalue weighted by Gasteiger charge is -2.56. The number of rotatable bonds is 6. The number of methoxy groups -OCH3 is 1. The highest BCUT2D eigenvalue weighted by Gasteiger charge is 2.48. The zero-order valence-corrected chi connectivity index (χ0v) is 22.5. The van der Waals surface area contributed by atoms with E-state index < -0.39 is 0 Å². The van der Waals surface area contributed by atoms with E-state index in [1.807, 2.05) is 17.9 Å². The van der Waals surface area contributed by atoms with Crippen molar-refractivity contribution in [2.75, 3.05) is 39.9 Å². The molecule has 2 saturated heterocycles. The summed E-state index contributed by atoms with van der Waals surface area (Å²) < 4.78 is 10.9. The minimum Gasteiger partial charge on any atom is -0.497 e. The maximum absolute atomic E-state index is 12.8. The summed E-state index contributed by atoms with van der Waals surface area (Å²) in [6, 6.07) is 16.5. The van der Waals surface area contributed by atoms with Crippen molar-refractivity contribution in [1.82, 2.24) is 19.8 Å². The van der Waals surface area contributed by atoms with E-state index in [1.165, 1.54) is 11.1 Å². The van der Waals surface area contributed by atoms with Crippen molar-refractivity contribution in [2.45, 2.75) is 38.6 Å². The number of amides is 1. The maximum atomic E-state index is 12.8. The van der Waals surface area contributed by atoms with Crippen molar-refractivity contribution in [3.63, 3.8) is 0 Å². The molecular weight excluding hydrogens is 490 g/mol. The van der Waals surface area contributed by atoms with E-state index in [9.17, 15) is 10.1 Å². The molecule has 2 aliphatic heterocycles. The zero-order chi connectivity index (χ0) is 27.0. The molecule has 8 heteroatoms. The Morgan fingerprint density at radius 3 is 2.69 bits per heavy atom. The molecule has 0 radical (unpaired) electrons. The number of carbonyl (C=O) groups is 1. The van der Waals surface area contributed by atoms with Crippen molar-refractivity contribution in [3.05, 3.63) is 71.2 Å². The Hall–Kier alpha value is -3.96. The van der Waals surface area contributed by atoms with Crippen LogP contribution in [0.2, 0.25) is 0 Å². The smallest absolute Gasteiger partial charge is 0.260 e. The molecule has 39 heavy (non-hydrogen) atoms. The third-order valence-corrected chi connectivity index (χ3v) is 8.64. The van der Waals surface area contributed by atoms with Crippen LogP contribution in [0.1, 0.15) is 47.7 Å². The molecule has 0 saturated carbocycles. The minimum atomic E-state index is -0.0600. The number of hydrogen-bond donors (Lipinski definition) is 0. The fraction of sp³-hybridized carbons (Fsp3) is 0.419. The van der Waals surface area contributed by atoms with Gasteiger partial charge in [-0.25, -0.2) is 9.97 Å². The monoisotopic (exact) mass is 523 g/mol. The standard InChI is InChI=1S/C31H33N5O3/c1-21-13-27(34-20-33-21)23-3-6-26-22(14-23)4-7-28(26)36-18-31(19-36)9-11-35(12-10-31)30(37)17-39-29-8-5-25(38-2)15-24(29)16-32/h3,5-6,8,13-15,20,28H,4,7,9-12,17-19H2,1-2H3/t28-/m1/s1. The molecule has 1 amide bonds. The average molecular weight is 524 g/mol. The Labute approximate surface area is 229 Å². The maximum Gasteiger partial charge on any atom is 0.260 e. The molecule has 2 fully saturated rings. The molecule has 3 heterocycles. The van der Waals surface area contributed by atoms with Gasteiger partial charge >= 0.3 is 0 Å². The van der Waals surface area contributed by atoms with Crippen LogP contribution in [0.25, 0.3) is 11.3 Å². The van der Waals surface area contributed by atoms with E-state index in [4.69, 9.17) is 9.47 Å². The number of nitriles is 1. The first-order valence-electron chi connectivity index (χ1n) is 13.6. The molecule has 0 N–H and O–H groups in total. The number of carbonyl (C=O) groups excluding carboxylic acids is 1. The van der Waals surface area contributed by atoms with Crippen LogP contribution in [0.3, 0.4) is 0 Å². The van der Waals surface area contributed by atoms with Gasteiger partial charge in [-0.05, 0) is 73.4 Å². The average Bonchev–Trinajstić information content (AvgIpc) is 3.37. The van der Waals surface area contributed by atoms with Gasteiger partial charge in [-0.15, -0.1) is 0 Å². The van der Waals surface area contributed by atoms with E-state index in [0.29, 0.717) is 28.5 Å². The Balaban J connectivity index is 1.01. The van der Waals surface area contributed by atoms with Crippen molar-refractivity contribution in [3.8, 4) is 28.8 Å². The molecule has 3 aliphatic rings. The van der Waals surface area contributed by atoms with Gasteiger partial charge in [0, 0.05) is 49.5 Å². The number of piperidine rings is 1. The first-order valence-corrected chi connectivity index (χ1v) is 13.6. The Morgan fingerprint density at radius 2 is 1.95 bits per heavy atom. The highest BCUT2D eigenvalue weighted by Crippen LogP contribution is 2.48. The summed E-state index contributed by atoms with van der Waals surface area (Å²) in [5.74, 6) is 0.968. The summed E-state index contributed by atoms with van der Waals surface area (Å²) in [5, 5.41) is 9.38. The molecule has 3 aromatic rings. The molecule has 200 valence electrons. The fourth-order valence-electron chi connectivity index (χ4n) is 6.41. The number of likely N-dealkylation sites (tertiary alicyclic amines) is 2. The Kier molecular flexibility index (Phi) is 6.69. The van der Waals surface area contributed by atoms with Crippen molar-refractivity contribution < 1.29 is 14.3 Å². The second kappa shape index (κ2) is 10.3. The van der Waals surface area contributed by atoms with Gasteiger partial charge in [-0.3, -0.25) is 9.69 Å². The molecular formula is C31H33N5O3. The minimum absolute atomic E-state index is 0.0276. The Bertz CT molecular complexity index is 1430. The summed E-state index contributed by atoms with van der Waals surface area (Å²) in [6.07, 6.45) is 5.94. The van der Waals surface area contributed by atoms with Gasteiger partial charge in [0.05, 0.1) is 18.4 Å². The molecule has 0 bridgehead atoms. The Morgan fingerprint density at radius 1 is 1.13 bits per heavy atom. The number of hydrogen-bond acceptors (Lipinski definition) is 7. The first-order chi connectivity index (χ1) is 19.0. The van der Waals surface area contributed by atoms with Gasteiger partial charge < -0.3 is 14.4 Å². The van der Waals surface area contributed by atoms with Crippen LogP contribution in [0.4, 0.5) is 0 Å². The van der Waals surface area contributed by atoms with Crippen molar-refractivity contribution in [2.24, 2.45) is 5.41 Å². The second-order valence-electron chi connectivity index (χ2n) is 11.1. The normalized spacial score (nSPS) is 19.7. The lowest BCUT2D eigenvalue weighted by molar-refractivity contribution is -0.139. The van der Waals surface area contributed by atoms with E-state index in [2.05, 4.69) is 39.1 Å². The molecule has 1 atom stereocenters. The van der Waals surface area contributed by atoms with E-state index in [-0.39, 0.29) is 12.5 Å². The topological polar surface area (TPSA) is 91.6 Å². The summed E-state index contributed by atoms with van der Waals surface area (Å²) in [5.41, 5.74) is 6.70. The summed E-state index contributed by atoms with van der Waals surface area (Å²) in [6.45, 7) is 5.64. The lowest BCUT2D eigenvalue weighted by Crippen LogP contribution is -2.61. The van der Waals surface area contributed by atoms with Crippen LogP contribution < -0.4 is 9.47 Å². The van der Waals surface area contributed by atoms with Crippen LogP contribution in [-0.2, 0) is 11.2 Å². The van der Waals surface area contributed by atoms with Crippen LogP contribution in [0, 0.1) is 23.7 Å². The second-order valence-corrected chi connectivity index (χ2v) is 11.1. The number of aromatic nitrogens is 2. The predicted octanol–water partition coefficient (Wildman–Crippen LogP) is 4.32. The summed E-state index contributed by atoms with van der Waals surface area (Å²) in [7, 11) is 1.55. The number of benzene rings is 2. The SMILES string of the molecule is COc1ccc(OCC(=O)N2CCC3(CC2)CN([C@@H]2CCc4cc(-c5cc(C)ncn5)ccc42)C3)c(C#N)c1. The molecule has 0 unspecified atom stereocenters. The largest absolute Gasteiger partial charge is 0.497 e. The number of aryl methyl sites for hydroxylation is 2. The zero-order valence-electron chi connectivity index (χ0n) is 22.5. The third kappa shape index (κ3) is 4.95. The van der Waals surface area contributed by atoms with Gasteiger partial charge in [0.2, 0.25) is 0 Å². The molecule has 2 aromatic carbocycles. The fourth-order valence-corrected chi connectivity index (χ4v) is 6.41.